The molecule has 1 aliphatic carbocycles. The molecule has 1 N–H and O–H groups in total. The van der Waals surface area contributed by atoms with Crippen LogP contribution in [-0.2, 0) is 11.3 Å². The normalized spacial score (nSPS) is 24.5. The number of amides is 2. The molecule has 1 aromatic carbocycles. The van der Waals surface area contributed by atoms with Gasteiger partial charge in [-0.2, -0.15) is 0 Å². The molecule has 1 spiro atoms. The van der Waals surface area contributed by atoms with Crippen LogP contribution in [0.3, 0.4) is 0 Å². The molecule has 28 heavy (non-hydrogen) atoms. The number of benzene rings is 1. The second-order valence-electron chi connectivity index (χ2n) is 8.17. The van der Waals surface area contributed by atoms with Crippen molar-refractivity contribution in [2.75, 3.05) is 6.54 Å². The van der Waals surface area contributed by atoms with Gasteiger partial charge in [0.25, 0.3) is 5.91 Å². The zero-order valence-electron chi connectivity index (χ0n) is 16.4. The number of carbonyl (C=O) groups is 2. The Balaban J connectivity index is 1.41. The van der Waals surface area contributed by atoms with Gasteiger partial charge in [0.15, 0.2) is 0 Å². The maximum Gasteiger partial charge on any atom is 0.270 e. The summed E-state index contributed by atoms with van der Waals surface area (Å²) in [7, 11) is 0. The number of nitrogens with zero attached hydrogens (tertiary/aromatic N) is 2. The van der Waals surface area contributed by atoms with Gasteiger partial charge in [0.05, 0.1) is 5.41 Å². The predicted molar refractivity (Wildman–Crippen MR) is 108 cm³/mol. The molecule has 4 rings (SSSR count). The van der Waals surface area contributed by atoms with Crippen molar-refractivity contribution in [3.8, 4) is 0 Å². The fourth-order valence-electron chi connectivity index (χ4n) is 4.68. The third-order valence-corrected chi connectivity index (χ3v) is 6.12. The first-order valence-corrected chi connectivity index (χ1v) is 10.1. The number of aryl methyl sites for hydroxylation is 1. The number of likely N-dealkylation sites (tertiary alicyclic amines) is 1. The number of pyridine rings is 1. The van der Waals surface area contributed by atoms with E-state index in [1.807, 2.05) is 42.2 Å². The Morgan fingerprint density at radius 1 is 1.18 bits per heavy atom. The SMILES string of the molecule is Cc1cccc(C(=O)N[C@H]2CCCC3(CCN(Cc4ccccc4)C3=O)C2)n1. The second-order valence-corrected chi connectivity index (χ2v) is 8.17. The van der Waals surface area contributed by atoms with Crippen molar-refractivity contribution in [3.05, 3.63) is 65.5 Å². The van der Waals surface area contributed by atoms with E-state index in [9.17, 15) is 9.59 Å². The van der Waals surface area contributed by atoms with E-state index in [2.05, 4.69) is 22.4 Å². The van der Waals surface area contributed by atoms with Gasteiger partial charge in [-0.25, -0.2) is 4.98 Å². The second kappa shape index (κ2) is 7.74. The average molecular weight is 377 g/mol. The number of hydrogen-bond acceptors (Lipinski definition) is 3. The first-order chi connectivity index (χ1) is 13.6. The first kappa shape index (κ1) is 18.7. The van der Waals surface area contributed by atoms with Crippen molar-refractivity contribution in [1.82, 2.24) is 15.2 Å². The summed E-state index contributed by atoms with van der Waals surface area (Å²) in [6.07, 6.45) is 4.43. The lowest BCUT2D eigenvalue weighted by atomic mass is 9.71. The zero-order valence-corrected chi connectivity index (χ0v) is 16.4. The zero-order chi connectivity index (χ0) is 19.6. The van der Waals surface area contributed by atoms with Crippen molar-refractivity contribution in [2.24, 2.45) is 5.41 Å². The van der Waals surface area contributed by atoms with E-state index < -0.39 is 0 Å². The summed E-state index contributed by atoms with van der Waals surface area (Å²) in [4.78, 5) is 32.1. The fourth-order valence-corrected chi connectivity index (χ4v) is 4.68. The molecular weight excluding hydrogens is 350 g/mol. The highest BCUT2D eigenvalue weighted by molar-refractivity contribution is 5.92. The van der Waals surface area contributed by atoms with Crippen molar-refractivity contribution < 1.29 is 9.59 Å². The van der Waals surface area contributed by atoms with Crippen LogP contribution in [-0.4, -0.2) is 34.3 Å². The first-order valence-electron chi connectivity index (χ1n) is 10.1. The van der Waals surface area contributed by atoms with Gasteiger partial charge in [0.1, 0.15) is 5.69 Å². The van der Waals surface area contributed by atoms with Gasteiger partial charge in [-0.15, -0.1) is 0 Å². The maximum absolute atomic E-state index is 13.2. The summed E-state index contributed by atoms with van der Waals surface area (Å²) in [6.45, 7) is 3.35. The fraction of sp³-hybridized carbons (Fsp3) is 0.435. The molecule has 2 atom stereocenters. The third kappa shape index (κ3) is 3.79. The highest BCUT2D eigenvalue weighted by atomic mass is 16.2. The van der Waals surface area contributed by atoms with Crippen molar-refractivity contribution >= 4 is 11.8 Å². The summed E-state index contributed by atoms with van der Waals surface area (Å²) < 4.78 is 0. The van der Waals surface area contributed by atoms with Crippen LogP contribution in [0.15, 0.2) is 48.5 Å². The Hall–Kier alpha value is -2.69. The lowest BCUT2D eigenvalue weighted by Gasteiger charge is -2.36. The monoisotopic (exact) mass is 377 g/mol. The molecular formula is C23H27N3O2. The Labute approximate surface area is 166 Å². The minimum atomic E-state index is -0.314. The standard InChI is InChI=1S/C23H27N3O2/c1-17-7-5-11-20(24-17)21(27)25-19-10-6-12-23(15-19)13-14-26(22(23)28)16-18-8-3-2-4-9-18/h2-5,7-9,11,19H,6,10,12-16H2,1H3,(H,25,27)/t19-,23?/m0/s1. The Morgan fingerprint density at radius 2 is 2.00 bits per heavy atom. The van der Waals surface area contributed by atoms with Gasteiger partial charge in [-0.1, -0.05) is 42.8 Å². The molecule has 0 radical (unpaired) electrons. The molecule has 1 unspecified atom stereocenters. The number of aromatic nitrogens is 1. The molecule has 5 heteroatoms. The quantitative estimate of drug-likeness (QED) is 0.887. The van der Waals surface area contributed by atoms with Crippen molar-refractivity contribution in [2.45, 2.75) is 51.6 Å². The molecule has 2 heterocycles. The summed E-state index contributed by atoms with van der Waals surface area (Å²) in [5, 5.41) is 3.13. The van der Waals surface area contributed by atoms with E-state index in [1.165, 1.54) is 5.56 Å². The molecule has 2 amide bonds. The average Bonchev–Trinajstić information content (AvgIpc) is 2.98. The van der Waals surface area contributed by atoms with E-state index >= 15 is 0 Å². The summed E-state index contributed by atoms with van der Waals surface area (Å²) in [5.74, 6) is 0.112. The van der Waals surface area contributed by atoms with Gasteiger partial charge in [0, 0.05) is 24.8 Å². The van der Waals surface area contributed by atoms with Crippen LogP contribution in [0.25, 0.3) is 0 Å². The third-order valence-electron chi connectivity index (χ3n) is 6.12. The molecule has 1 aliphatic heterocycles. The Kier molecular flexibility index (Phi) is 5.16. The molecule has 2 aliphatic rings. The van der Waals surface area contributed by atoms with Crippen LogP contribution in [0, 0.1) is 12.3 Å². The molecule has 5 nitrogen and oxygen atoms in total. The van der Waals surface area contributed by atoms with Crippen LogP contribution in [0.1, 0.15) is 53.8 Å². The number of carbonyl (C=O) groups excluding carboxylic acids is 2. The van der Waals surface area contributed by atoms with Crippen LogP contribution in [0.2, 0.25) is 0 Å². The highest BCUT2D eigenvalue weighted by Gasteiger charge is 2.49. The smallest absolute Gasteiger partial charge is 0.270 e. The number of rotatable bonds is 4. The predicted octanol–water partition coefficient (Wildman–Crippen LogP) is 3.48. The summed E-state index contributed by atoms with van der Waals surface area (Å²) >= 11 is 0. The van der Waals surface area contributed by atoms with E-state index in [4.69, 9.17) is 0 Å². The van der Waals surface area contributed by atoms with E-state index in [0.29, 0.717) is 12.2 Å². The number of nitrogens with one attached hydrogen (secondary N) is 1. The van der Waals surface area contributed by atoms with Crippen LogP contribution >= 0.6 is 0 Å². The lowest BCUT2D eigenvalue weighted by Crippen LogP contribution is -2.45. The van der Waals surface area contributed by atoms with Gasteiger partial charge < -0.3 is 10.2 Å². The molecule has 146 valence electrons. The van der Waals surface area contributed by atoms with Crippen LogP contribution in [0.5, 0.6) is 0 Å². The van der Waals surface area contributed by atoms with Crippen LogP contribution < -0.4 is 5.32 Å². The van der Waals surface area contributed by atoms with Gasteiger partial charge >= 0.3 is 0 Å². The molecule has 1 aromatic heterocycles. The summed E-state index contributed by atoms with van der Waals surface area (Å²) in [5.41, 5.74) is 2.13. The highest BCUT2D eigenvalue weighted by Crippen LogP contribution is 2.45. The lowest BCUT2D eigenvalue weighted by molar-refractivity contribution is -0.138. The largest absolute Gasteiger partial charge is 0.348 e. The molecule has 2 aromatic rings. The molecule has 1 saturated carbocycles. The van der Waals surface area contributed by atoms with E-state index in [0.717, 1.165) is 44.3 Å². The minimum Gasteiger partial charge on any atom is -0.348 e. The number of hydrogen-bond donors (Lipinski definition) is 1. The Bertz CT molecular complexity index is 867. The van der Waals surface area contributed by atoms with Crippen molar-refractivity contribution in [3.63, 3.8) is 0 Å². The van der Waals surface area contributed by atoms with Gasteiger partial charge in [-0.3, -0.25) is 9.59 Å². The topological polar surface area (TPSA) is 62.3 Å². The van der Waals surface area contributed by atoms with Gasteiger partial charge in [-0.05, 0) is 50.3 Å². The minimum absolute atomic E-state index is 0.0317. The molecule has 0 bridgehead atoms. The van der Waals surface area contributed by atoms with Gasteiger partial charge in [0.2, 0.25) is 5.91 Å². The Morgan fingerprint density at radius 3 is 2.79 bits per heavy atom. The van der Waals surface area contributed by atoms with Crippen molar-refractivity contribution in [1.29, 1.82) is 0 Å². The maximum atomic E-state index is 13.2. The molecule has 1 saturated heterocycles. The molecule has 2 fully saturated rings. The van der Waals surface area contributed by atoms with E-state index in [-0.39, 0.29) is 23.3 Å². The van der Waals surface area contributed by atoms with Crippen LogP contribution in [0.4, 0.5) is 0 Å². The van der Waals surface area contributed by atoms with E-state index in [1.54, 1.807) is 6.07 Å². The summed E-state index contributed by atoms with van der Waals surface area (Å²) in [6, 6.07) is 15.6.